The Morgan fingerprint density at radius 1 is 0.656 bits per heavy atom. The van der Waals surface area contributed by atoms with Crippen LogP contribution in [0.15, 0.2) is 102 Å². The quantitative estimate of drug-likeness (QED) is 0.132. The van der Waals surface area contributed by atoms with Gasteiger partial charge in [0.2, 0.25) is 11.8 Å². The summed E-state index contributed by atoms with van der Waals surface area (Å²) in [5.41, 5.74) is 8.36. The van der Waals surface area contributed by atoms with Crippen LogP contribution in [0.2, 0.25) is 0 Å². The van der Waals surface area contributed by atoms with Gasteiger partial charge in [-0.15, -0.1) is 0 Å². The molecule has 4 fully saturated rings. The first kappa shape index (κ1) is 42.1. The number of carbonyl (C=O) groups is 3. The molecule has 4 aliphatic heterocycles. The molecule has 9 rings (SSSR count). The minimum absolute atomic E-state index is 0.232. The zero-order valence-corrected chi connectivity index (χ0v) is 35.4. The molecule has 61 heavy (non-hydrogen) atoms. The highest BCUT2D eigenvalue weighted by atomic mass is 16.5. The van der Waals surface area contributed by atoms with Crippen LogP contribution >= 0.6 is 0 Å². The molecule has 4 aromatic carbocycles. The summed E-state index contributed by atoms with van der Waals surface area (Å²) in [5.74, 6) is 1.64. The predicted molar refractivity (Wildman–Crippen MR) is 238 cm³/mol. The maximum Gasteiger partial charge on any atom is 0.335 e. The van der Waals surface area contributed by atoms with Crippen LogP contribution in [-0.4, -0.2) is 95.2 Å². The van der Waals surface area contributed by atoms with Gasteiger partial charge < -0.3 is 29.2 Å². The van der Waals surface area contributed by atoms with Crippen LogP contribution < -0.4 is 9.80 Å². The summed E-state index contributed by atoms with van der Waals surface area (Å²) in [6.07, 6.45) is 9.43. The van der Waals surface area contributed by atoms with Crippen LogP contribution in [0.1, 0.15) is 102 Å². The van der Waals surface area contributed by atoms with Crippen molar-refractivity contribution in [2.45, 2.75) is 83.0 Å². The third-order valence-electron chi connectivity index (χ3n) is 12.9. The van der Waals surface area contributed by atoms with E-state index in [1.165, 1.54) is 16.7 Å². The summed E-state index contributed by atoms with van der Waals surface area (Å²) >= 11 is 0. The van der Waals surface area contributed by atoms with Gasteiger partial charge in [-0.2, -0.15) is 4.98 Å². The van der Waals surface area contributed by atoms with Crippen molar-refractivity contribution in [3.05, 3.63) is 131 Å². The first-order valence-corrected chi connectivity index (χ1v) is 22.3. The molecule has 0 saturated carbocycles. The zero-order valence-electron chi connectivity index (χ0n) is 35.4. The monoisotopic (exact) mass is 822 g/mol. The van der Waals surface area contributed by atoms with Gasteiger partial charge in [0, 0.05) is 69.0 Å². The van der Waals surface area contributed by atoms with Crippen molar-refractivity contribution in [3.63, 3.8) is 0 Å². The first-order chi connectivity index (χ1) is 29.8. The van der Waals surface area contributed by atoms with Gasteiger partial charge in [-0.3, -0.25) is 9.59 Å². The normalized spacial score (nSPS) is 19.9. The minimum Gasteiger partial charge on any atom is -0.478 e. The number of aromatic carboxylic acids is 1. The van der Waals surface area contributed by atoms with E-state index >= 15 is 0 Å². The topological polar surface area (TPSA) is 123 Å². The molecular formula is C50H58N6O5. The van der Waals surface area contributed by atoms with Gasteiger partial charge in [0.1, 0.15) is 0 Å². The van der Waals surface area contributed by atoms with E-state index in [0.29, 0.717) is 36.0 Å². The molecule has 4 saturated heterocycles. The number of carbonyl (C=O) groups excluding carboxylic acids is 2. The van der Waals surface area contributed by atoms with Gasteiger partial charge in [0.05, 0.1) is 5.56 Å². The molecule has 2 atom stereocenters. The van der Waals surface area contributed by atoms with E-state index in [9.17, 15) is 19.5 Å². The third-order valence-corrected chi connectivity index (χ3v) is 12.9. The Bertz CT molecular complexity index is 2310. The summed E-state index contributed by atoms with van der Waals surface area (Å²) in [6.45, 7) is 9.38. The van der Waals surface area contributed by atoms with E-state index in [0.717, 1.165) is 126 Å². The summed E-state index contributed by atoms with van der Waals surface area (Å²) in [6, 6.07) is 32.4. The smallest absolute Gasteiger partial charge is 0.335 e. The van der Waals surface area contributed by atoms with Crippen molar-refractivity contribution in [1.29, 1.82) is 0 Å². The number of para-hydroxylation sites is 2. The SMILES string of the molecule is Cc1noc(-c2ccccc2C2CCN(CCc3ccccc3N3CCCCC3=O)C2)n1.O=C(O)c1ccccc1C1CCN(CCc2ccccc2N2CCCCC2=O)C1. The summed E-state index contributed by atoms with van der Waals surface area (Å²) in [5, 5.41) is 13.4. The number of piperidine rings is 2. The fourth-order valence-electron chi connectivity index (χ4n) is 9.73. The van der Waals surface area contributed by atoms with Crippen molar-refractivity contribution in [2.75, 3.05) is 62.2 Å². The number of rotatable bonds is 12. The van der Waals surface area contributed by atoms with Gasteiger partial charge >= 0.3 is 5.97 Å². The van der Waals surface area contributed by atoms with Gasteiger partial charge in [0.25, 0.3) is 5.89 Å². The number of anilines is 2. The second-order valence-corrected chi connectivity index (χ2v) is 17.0. The van der Waals surface area contributed by atoms with E-state index in [2.05, 4.69) is 68.5 Å². The van der Waals surface area contributed by atoms with Crippen molar-refractivity contribution in [1.82, 2.24) is 19.9 Å². The second-order valence-electron chi connectivity index (χ2n) is 17.0. The van der Waals surface area contributed by atoms with Gasteiger partial charge in [-0.05, 0) is 130 Å². The van der Waals surface area contributed by atoms with Crippen LogP contribution in [0, 0.1) is 6.92 Å². The van der Waals surface area contributed by atoms with E-state index < -0.39 is 5.97 Å². The second kappa shape index (κ2) is 19.8. The summed E-state index contributed by atoms with van der Waals surface area (Å²) < 4.78 is 5.46. The molecule has 11 nitrogen and oxygen atoms in total. The fraction of sp³-hybridized carbons (Fsp3) is 0.420. The van der Waals surface area contributed by atoms with Gasteiger partial charge in [-0.1, -0.05) is 78.0 Å². The average Bonchev–Trinajstić information content (AvgIpc) is 4.08. The molecule has 4 aliphatic rings. The van der Waals surface area contributed by atoms with Gasteiger partial charge in [-0.25, -0.2) is 4.79 Å². The molecule has 0 spiro atoms. The van der Waals surface area contributed by atoms with Crippen molar-refractivity contribution in [2.24, 2.45) is 0 Å². The van der Waals surface area contributed by atoms with E-state index in [1.54, 1.807) is 12.1 Å². The Hall–Kier alpha value is -5.65. The molecule has 1 N–H and O–H groups in total. The first-order valence-electron chi connectivity index (χ1n) is 22.3. The van der Waals surface area contributed by atoms with E-state index in [-0.39, 0.29) is 17.7 Å². The van der Waals surface area contributed by atoms with Gasteiger partial charge in [0.15, 0.2) is 5.82 Å². The number of hydrogen-bond acceptors (Lipinski definition) is 8. The van der Waals surface area contributed by atoms with E-state index in [4.69, 9.17) is 4.52 Å². The standard InChI is InChI=1S/C26H30N4O2.C24H28N2O3/c1-19-27-26(32-28-19)23-10-4-3-9-22(23)21-14-17-29(18-21)16-13-20-8-2-5-11-24(20)30-15-7-6-12-25(30)31;27-23-11-5-6-14-26(23)22-10-4-1-7-18(22)12-15-25-16-13-19(17-25)20-8-2-3-9-21(20)24(28)29/h2-5,8-11,21H,6-7,12-18H2,1H3;1-4,7-10,19H,5-6,11-17H2,(H,28,29). The Labute approximate surface area is 359 Å². The third kappa shape index (κ3) is 10.1. The molecule has 5 aromatic rings. The number of amides is 2. The Morgan fingerprint density at radius 2 is 1.16 bits per heavy atom. The molecule has 2 amide bonds. The number of aromatic nitrogens is 2. The lowest BCUT2D eigenvalue weighted by atomic mass is 9.93. The average molecular weight is 823 g/mol. The van der Waals surface area contributed by atoms with Crippen LogP contribution in [0.25, 0.3) is 11.5 Å². The van der Waals surface area contributed by atoms with Crippen molar-refractivity contribution < 1.29 is 24.0 Å². The van der Waals surface area contributed by atoms with Crippen molar-refractivity contribution >= 4 is 29.2 Å². The van der Waals surface area contributed by atoms with Crippen LogP contribution in [0.4, 0.5) is 11.4 Å². The highest BCUT2D eigenvalue weighted by Gasteiger charge is 2.30. The number of benzene rings is 4. The minimum atomic E-state index is -0.848. The highest BCUT2D eigenvalue weighted by molar-refractivity contribution is 5.95. The molecule has 318 valence electrons. The molecule has 2 unspecified atom stereocenters. The fourth-order valence-corrected chi connectivity index (χ4v) is 9.73. The number of hydrogen-bond donors (Lipinski definition) is 1. The largest absolute Gasteiger partial charge is 0.478 e. The molecule has 0 bridgehead atoms. The molecule has 11 heteroatoms. The Kier molecular flexibility index (Phi) is 13.7. The van der Waals surface area contributed by atoms with Crippen LogP contribution in [0.3, 0.4) is 0 Å². The molecule has 1 aromatic heterocycles. The number of likely N-dealkylation sites (tertiary alicyclic amines) is 2. The number of carboxylic acids is 1. The molecular weight excluding hydrogens is 765 g/mol. The molecule has 0 aliphatic carbocycles. The number of carboxylic acid groups (broad SMARTS) is 1. The Balaban J connectivity index is 0.000000169. The maximum atomic E-state index is 12.5. The van der Waals surface area contributed by atoms with Crippen molar-refractivity contribution in [3.8, 4) is 11.5 Å². The van der Waals surface area contributed by atoms with E-state index in [1.807, 2.05) is 53.1 Å². The lowest BCUT2D eigenvalue weighted by Crippen LogP contribution is -2.36. The Morgan fingerprint density at radius 3 is 1.70 bits per heavy atom. The van der Waals surface area contributed by atoms with Crippen LogP contribution in [0.5, 0.6) is 0 Å². The molecule has 0 radical (unpaired) electrons. The number of aryl methyl sites for hydroxylation is 1. The predicted octanol–water partition coefficient (Wildman–Crippen LogP) is 8.53. The highest BCUT2D eigenvalue weighted by Crippen LogP contribution is 2.35. The molecule has 5 heterocycles. The lowest BCUT2D eigenvalue weighted by molar-refractivity contribution is -0.120. The lowest BCUT2D eigenvalue weighted by Gasteiger charge is -2.29. The zero-order chi connectivity index (χ0) is 42.1. The summed E-state index contributed by atoms with van der Waals surface area (Å²) in [7, 11) is 0. The van der Waals surface area contributed by atoms with Crippen LogP contribution in [-0.2, 0) is 22.4 Å². The summed E-state index contributed by atoms with van der Waals surface area (Å²) in [4.78, 5) is 49.7. The maximum absolute atomic E-state index is 12.5. The number of nitrogens with zero attached hydrogens (tertiary/aromatic N) is 6.